The maximum Gasteiger partial charge on any atom is 0.180 e. The molecule has 0 radical (unpaired) electrons. The monoisotopic (exact) mass is 352 g/mol. The summed E-state index contributed by atoms with van der Waals surface area (Å²) in [6, 6.07) is 28.4. The zero-order valence-corrected chi connectivity index (χ0v) is 15.2. The Morgan fingerprint density at radius 3 is 2.15 bits per heavy atom. The first kappa shape index (κ1) is 16.9. The van der Waals surface area contributed by atoms with Crippen molar-refractivity contribution in [3.8, 4) is 22.8 Å². The Kier molecular flexibility index (Phi) is 4.88. The molecule has 2 aromatic carbocycles. The van der Waals surface area contributed by atoms with Crippen LogP contribution >= 0.6 is 0 Å². The van der Waals surface area contributed by atoms with Crippen LogP contribution in [0.4, 0.5) is 5.82 Å². The highest BCUT2D eigenvalue weighted by Gasteiger charge is 2.12. The molecule has 27 heavy (non-hydrogen) atoms. The standard InChI is InChI=1S/C23H20N4/c1-27(17-18-10-4-2-5-11-18)22-16-21(19-12-6-3-7-13-19)25-23(26-22)20-14-8-9-15-24-20/h2-16H,17H2,1H3. The second-order valence-electron chi connectivity index (χ2n) is 6.36. The van der Waals surface area contributed by atoms with Crippen LogP contribution in [0.2, 0.25) is 0 Å². The summed E-state index contributed by atoms with van der Waals surface area (Å²) in [6.07, 6.45) is 1.77. The summed E-state index contributed by atoms with van der Waals surface area (Å²) >= 11 is 0. The Morgan fingerprint density at radius 2 is 1.44 bits per heavy atom. The van der Waals surface area contributed by atoms with E-state index in [0.717, 1.165) is 29.3 Å². The molecule has 132 valence electrons. The van der Waals surface area contributed by atoms with Crippen molar-refractivity contribution in [2.75, 3.05) is 11.9 Å². The van der Waals surface area contributed by atoms with Gasteiger partial charge in [0.25, 0.3) is 0 Å². The molecule has 4 heteroatoms. The molecule has 0 spiro atoms. The smallest absolute Gasteiger partial charge is 0.180 e. The Hall–Kier alpha value is -3.53. The van der Waals surface area contributed by atoms with Gasteiger partial charge in [0.05, 0.1) is 5.69 Å². The maximum absolute atomic E-state index is 4.78. The fourth-order valence-corrected chi connectivity index (χ4v) is 2.93. The topological polar surface area (TPSA) is 41.9 Å². The number of pyridine rings is 1. The lowest BCUT2D eigenvalue weighted by atomic mass is 10.1. The molecule has 0 fully saturated rings. The molecule has 0 N–H and O–H groups in total. The summed E-state index contributed by atoms with van der Waals surface area (Å²) in [5.74, 6) is 1.50. The summed E-state index contributed by atoms with van der Waals surface area (Å²) in [5.41, 5.74) is 3.96. The van der Waals surface area contributed by atoms with Gasteiger partial charge in [-0.3, -0.25) is 4.98 Å². The van der Waals surface area contributed by atoms with Crippen molar-refractivity contribution in [1.29, 1.82) is 0 Å². The maximum atomic E-state index is 4.78. The average Bonchev–Trinajstić information content (AvgIpc) is 2.75. The summed E-state index contributed by atoms with van der Waals surface area (Å²) in [5, 5.41) is 0. The first-order chi connectivity index (χ1) is 13.3. The molecule has 4 aromatic rings. The van der Waals surface area contributed by atoms with E-state index >= 15 is 0 Å². The Labute approximate surface area is 159 Å². The molecule has 2 aromatic heterocycles. The largest absolute Gasteiger partial charge is 0.355 e. The molecule has 0 atom stereocenters. The molecule has 4 rings (SSSR count). The van der Waals surface area contributed by atoms with Crippen molar-refractivity contribution in [1.82, 2.24) is 15.0 Å². The molecule has 4 nitrogen and oxygen atoms in total. The van der Waals surface area contributed by atoms with Crippen LogP contribution in [0.1, 0.15) is 5.56 Å². The van der Waals surface area contributed by atoms with E-state index in [1.807, 2.05) is 55.6 Å². The van der Waals surface area contributed by atoms with Gasteiger partial charge >= 0.3 is 0 Å². The van der Waals surface area contributed by atoms with Crippen molar-refractivity contribution in [3.63, 3.8) is 0 Å². The second-order valence-corrected chi connectivity index (χ2v) is 6.36. The van der Waals surface area contributed by atoms with E-state index in [1.165, 1.54) is 5.56 Å². The van der Waals surface area contributed by atoms with Crippen LogP contribution in [0.3, 0.4) is 0 Å². The van der Waals surface area contributed by atoms with Crippen LogP contribution in [0.25, 0.3) is 22.8 Å². The minimum Gasteiger partial charge on any atom is -0.355 e. The fraction of sp³-hybridized carbons (Fsp3) is 0.0870. The Balaban J connectivity index is 1.76. The molecule has 0 unspecified atom stereocenters. The molecule has 0 amide bonds. The lowest BCUT2D eigenvalue weighted by molar-refractivity contribution is 0.892. The zero-order chi connectivity index (χ0) is 18.5. The fourth-order valence-electron chi connectivity index (χ4n) is 2.93. The van der Waals surface area contributed by atoms with E-state index in [-0.39, 0.29) is 0 Å². The number of benzene rings is 2. The average molecular weight is 352 g/mol. The predicted molar refractivity (Wildman–Crippen MR) is 109 cm³/mol. The lowest BCUT2D eigenvalue weighted by Crippen LogP contribution is -2.18. The van der Waals surface area contributed by atoms with Crippen LogP contribution < -0.4 is 4.90 Å². The minimum absolute atomic E-state index is 0.631. The van der Waals surface area contributed by atoms with Crippen LogP contribution in [0.15, 0.2) is 91.1 Å². The van der Waals surface area contributed by atoms with Gasteiger partial charge in [-0.05, 0) is 17.7 Å². The summed E-state index contributed by atoms with van der Waals surface area (Å²) in [4.78, 5) is 16.1. The summed E-state index contributed by atoms with van der Waals surface area (Å²) in [7, 11) is 2.05. The van der Waals surface area contributed by atoms with Gasteiger partial charge in [0.1, 0.15) is 11.5 Å². The molecule has 0 saturated heterocycles. The van der Waals surface area contributed by atoms with E-state index in [4.69, 9.17) is 9.97 Å². The Bertz CT molecular complexity index is 944. The molecule has 0 aliphatic rings. The highest BCUT2D eigenvalue weighted by atomic mass is 15.2. The lowest BCUT2D eigenvalue weighted by Gasteiger charge is -2.20. The third-order valence-electron chi connectivity index (χ3n) is 4.33. The van der Waals surface area contributed by atoms with E-state index < -0.39 is 0 Å². The van der Waals surface area contributed by atoms with Crippen molar-refractivity contribution < 1.29 is 0 Å². The third-order valence-corrected chi connectivity index (χ3v) is 4.33. The van der Waals surface area contributed by atoms with E-state index in [1.54, 1.807) is 6.20 Å². The number of nitrogens with zero attached hydrogens (tertiary/aromatic N) is 4. The summed E-state index contributed by atoms with van der Waals surface area (Å²) in [6.45, 7) is 0.772. The van der Waals surface area contributed by atoms with Gasteiger partial charge in [-0.1, -0.05) is 66.7 Å². The Morgan fingerprint density at radius 1 is 0.741 bits per heavy atom. The third kappa shape index (κ3) is 4.01. The molecular weight excluding hydrogens is 332 g/mol. The van der Waals surface area contributed by atoms with Crippen molar-refractivity contribution in [2.45, 2.75) is 6.54 Å². The van der Waals surface area contributed by atoms with Gasteiger partial charge < -0.3 is 4.90 Å². The first-order valence-electron chi connectivity index (χ1n) is 8.90. The van der Waals surface area contributed by atoms with Gasteiger partial charge in [0, 0.05) is 31.4 Å². The molecular formula is C23H20N4. The van der Waals surface area contributed by atoms with Crippen molar-refractivity contribution >= 4 is 5.82 Å². The molecule has 0 aliphatic carbocycles. The van der Waals surface area contributed by atoms with Gasteiger partial charge in [0.2, 0.25) is 0 Å². The van der Waals surface area contributed by atoms with Gasteiger partial charge in [-0.2, -0.15) is 0 Å². The number of hydrogen-bond acceptors (Lipinski definition) is 4. The first-order valence-corrected chi connectivity index (χ1v) is 8.90. The molecule has 2 heterocycles. The highest BCUT2D eigenvalue weighted by molar-refractivity contribution is 5.66. The number of hydrogen-bond donors (Lipinski definition) is 0. The number of rotatable bonds is 5. The number of aromatic nitrogens is 3. The molecule has 0 bridgehead atoms. The highest BCUT2D eigenvalue weighted by Crippen LogP contribution is 2.25. The van der Waals surface area contributed by atoms with Crippen LogP contribution in [0, 0.1) is 0 Å². The minimum atomic E-state index is 0.631. The van der Waals surface area contributed by atoms with Gasteiger partial charge in [-0.15, -0.1) is 0 Å². The van der Waals surface area contributed by atoms with Crippen LogP contribution in [-0.2, 0) is 6.54 Å². The molecule has 0 aliphatic heterocycles. The molecule has 0 saturated carbocycles. The predicted octanol–water partition coefficient (Wildman–Crippen LogP) is 4.84. The van der Waals surface area contributed by atoms with Crippen LogP contribution in [0.5, 0.6) is 0 Å². The normalized spacial score (nSPS) is 10.6. The van der Waals surface area contributed by atoms with Crippen molar-refractivity contribution in [3.05, 3.63) is 96.7 Å². The van der Waals surface area contributed by atoms with Crippen LogP contribution in [-0.4, -0.2) is 22.0 Å². The van der Waals surface area contributed by atoms with Gasteiger partial charge in [0.15, 0.2) is 5.82 Å². The zero-order valence-electron chi connectivity index (χ0n) is 15.2. The SMILES string of the molecule is CN(Cc1ccccc1)c1cc(-c2ccccc2)nc(-c2ccccn2)n1. The second kappa shape index (κ2) is 7.79. The van der Waals surface area contributed by atoms with Crippen molar-refractivity contribution in [2.24, 2.45) is 0 Å². The van der Waals surface area contributed by atoms with E-state index in [0.29, 0.717) is 5.82 Å². The quantitative estimate of drug-likeness (QED) is 0.515. The van der Waals surface area contributed by atoms with Gasteiger partial charge in [-0.25, -0.2) is 9.97 Å². The van der Waals surface area contributed by atoms with E-state index in [9.17, 15) is 0 Å². The van der Waals surface area contributed by atoms with E-state index in [2.05, 4.69) is 46.3 Å². The number of anilines is 1. The summed E-state index contributed by atoms with van der Waals surface area (Å²) < 4.78 is 0.